The van der Waals surface area contributed by atoms with Crippen molar-refractivity contribution in [1.29, 1.82) is 0 Å². The predicted octanol–water partition coefficient (Wildman–Crippen LogP) is 2.47. The third kappa shape index (κ3) is 6.95. The van der Waals surface area contributed by atoms with Gasteiger partial charge in [-0.25, -0.2) is 0 Å². The summed E-state index contributed by atoms with van der Waals surface area (Å²) in [5.74, 6) is 0.0971. The number of aliphatic hydroxyl groups is 1. The first-order valence-corrected chi connectivity index (χ1v) is 11.2. The summed E-state index contributed by atoms with van der Waals surface area (Å²) in [6.45, 7) is 2.86. The third-order valence-electron chi connectivity index (χ3n) is 5.73. The lowest BCUT2D eigenvalue weighted by atomic mass is 9.96. The van der Waals surface area contributed by atoms with E-state index >= 15 is 0 Å². The standard InChI is InChI=1S/C24H30ClN3O4/c1-32-21-4-2-3-19(13-21)23(30)27-22(16-29)24(31)26-14-17-9-11-28(12-10-17)15-18-5-7-20(25)8-6-18/h2-8,13,17,22,29H,9-12,14-16H2,1H3,(H,26,31)(H,27,30). The van der Waals surface area contributed by atoms with Crippen LogP contribution in [0.3, 0.4) is 0 Å². The van der Waals surface area contributed by atoms with Gasteiger partial charge in [0.05, 0.1) is 13.7 Å². The molecule has 1 unspecified atom stereocenters. The van der Waals surface area contributed by atoms with Gasteiger partial charge in [0.15, 0.2) is 0 Å². The molecule has 0 bridgehead atoms. The van der Waals surface area contributed by atoms with Crippen LogP contribution in [0.1, 0.15) is 28.8 Å². The Kier molecular flexibility index (Phi) is 8.90. The summed E-state index contributed by atoms with van der Waals surface area (Å²) in [6, 6.07) is 13.5. The van der Waals surface area contributed by atoms with Gasteiger partial charge in [0, 0.05) is 23.7 Å². The van der Waals surface area contributed by atoms with Crippen molar-refractivity contribution < 1.29 is 19.4 Å². The van der Waals surface area contributed by atoms with E-state index < -0.39 is 18.6 Å². The molecule has 1 aliphatic heterocycles. The van der Waals surface area contributed by atoms with Gasteiger partial charge in [0.2, 0.25) is 5.91 Å². The highest BCUT2D eigenvalue weighted by atomic mass is 35.5. The number of nitrogens with zero attached hydrogens (tertiary/aromatic N) is 1. The van der Waals surface area contributed by atoms with Crippen LogP contribution in [0.25, 0.3) is 0 Å². The molecule has 7 nitrogen and oxygen atoms in total. The molecule has 0 aliphatic carbocycles. The van der Waals surface area contributed by atoms with Gasteiger partial charge in [0.25, 0.3) is 5.91 Å². The molecular weight excluding hydrogens is 430 g/mol. The number of piperidine rings is 1. The minimum Gasteiger partial charge on any atom is -0.497 e. The number of hydrogen-bond acceptors (Lipinski definition) is 5. The first-order valence-electron chi connectivity index (χ1n) is 10.8. The Morgan fingerprint density at radius 3 is 2.56 bits per heavy atom. The summed E-state index contributed by atoms with van der Waals surface area (Å²) in [7, 11) is 1.52. The molecule has 1 atom stereocenters. The van der Waals surface area contributed by atoms with E-state index in [1.165, 1.54) is 12.7 Å². The summed E-state index contributed by atoms with van der Waals surface area (Å²) >= 11 is 5.95. The van der Waals surface area contributed by atoms with E-state index in [4.69, 9.17) is 16.3 Å². The minimum atomic E-state index is -1.00. The van der Waals surface area contributed by atoms with Gasteiger partial charge in [-0.15, -0.1) is 0 Å². The first kappa shape index (κ1) is 24.0. The molecule has 1 saturated heterocycles. The predicted molar refractivity (Wildman–Crippen MR) is 124 cm³/mol. The number of aliphatic hydroxyl groups excluding tert-OH is 1. The second-order valence-electron chi connectivity index (χ2n) is 8.03. The summed E-state index contributed by atoms with van der Waals surface area (Å²) in [5, 5.41) is 15.8. The zero-order valence-electron chi connectivity index (χ0n) is 18.2. The molecule has 172 valence electrons. The number of ether oxygens (including phenoxy) is 1. The molecule has 2 aromatic carbocycles. The van der Waals surface area contributed by atoms with Crippen LogP contribution in [0.15, 0.2) is 48.5 Å². The molecule has 0 saturated carbocycles. The lowest BCUT2D eigenvalue weighted by Crippen LogP contribution is -2.50. The monoisotopic (exact) mass is 459 g/mol. The Labute approximate surface area is 193 Å². The number of benzene rings is 2. The van der Waals surface area contributed by atoms with Crippen molar-refractivity contribution in [1.82, 2.24) is 15.5 Å². The Morgan fingerprint density at radius 2 is 1.91 bits per heavy atom. The van der Waals surface area contributed by atoms with Crippen molar-refractivity contribution in [3.8, 4) is 5.75 Å². The molecule has 3 rings (SSSR count). The van der Waals surface area contributed by atoms with Crippen LogP contribution in [-0.4, -0.2) is 61.2 Å². The van der Waals surface area contributed by atoms with Crippen LogP contribution in [0.2, 0.25) is 5.02 Å². The molecule has 1 aliphatic rings. The largest absolute Gasteiger partial charge is 0.497 e. The molecule has 32 heavy (non-hydrogen) atoms. The SMILES string of the molecule is COc1cccc(C(=O)NC(CO)C(=O)NCC2CCN(Cc3ccc(Cl)cc3)CC2)c1. The van der Waals surface area contributed by atoms with Crippen molar-refractivity contribution >= 4 is 23.4 Å². The average Bonchev–Trinajstić information content (AvgIpc) is 2.83. The van der Waals surface area contributed by atoms with Crippen molar-refractivity contribution in [3.05, 3.63) is 64.7 Å². The van der Waals surface area contributed by atoms with Crippen molar-refractivity contribution in [2.24, 2.45) is 5.92 Å². The number of amides is 2. The maximum atomic E-state index is 12.5. The highest BCUT2D eigenvalue weighted by Gasteiger charge is 2.24. The molecule has 0 aromatic heterocycles. The van der Waals surface area contributed by atoms with Crippen molar-refractivity contribution in [2.75, 3.05) is 33.4 Å². The van der Waals surface area contributed by atoms with E-state index in [1.807, 2.05) is 24.3 Å². The maximum Gasteiger partial charge on any atom is 0.252 e. The molecule has 0 radical (unpaired) electrons. The van der Waals surface area contributed by atoms with E-state index in [0.717, 1.165) is 37.5 Å². The van der Waals surface area contributed by atoms with Crippen LogP contribution >= 0.6 is 11.6 Å². The maximum absolute atomic E-state index is 12.5. The van der Waals surface area contributed by atoms with Gasteiger partial charge in [0.1, 0.15) is 11.8 Å². The number of likely N-dealkylation sites (tertiary alicyclic amines) is 1. The van der Waals surface area contributed by atoms with Gasteiger partial charge >= 0.3 is 0 Å². The van der Waals surface area contributed by atoms with E-state index in [1.54, 1.807) is 24.3 Å². The zero-order chi connectivity index (χ0) is 22.9. The Morgan fingerprint density at radius 1 is 1.19 bits per heavy atom. The van der Waals surface area contributed by atoms with Gasteiger partial charge in [-0.2, -0.15) is 0 Å². The molecular formula is C24H30ClN3O4. The smallest absolute Gasteiger partial charge is 0.252 e. The van der Waals surface area contributed by atoms with Crippen molar-refractivity contribution in [2.45, 2.75) is 25.4 Å². The highest BCUT2D eigenvalue weighted by Crippen LogP contribution is 2.19. The fourth-order valence-corrected chi connectivity index (χ4v) is 3.89. The number of hydrogen-bond donors (Lipinski definition) is 3. The molecule has 3 N–H and O–H groups in total. The van der Waals surface area contributed by atoms with E-state index in [-0.39, 0.29) is 5.91 Å². The van der Waals surface area contributed by atoms with Gasteiger partial charge < -0.3 is 20.5 Å². The van der Waals surface area contributed by atoms with E-state index in [9.17, 15) is 14.7 Å². The fraction of sp³-hybridized carbons (Fsp3) is 0.417. The third-order valence-corrected chi connectivity index (χ3v) is 5.98. The topological polar surface area (TPSA) is 90.9 Å². The van der Waals surface area contributed by atoms with Crippen LogP contribution in [0, 0.1) is 5.92 Å². The number of methoxy groups -OCH3 is 1. The quantitative estimate of drug-likeness (QED) is 0.536. The Bertz CT molecular complexity index is 898. The summed E-state index contributed by atoms with van der Waals surface area (Å²) in [6.07, 6.45) is 1.96. The Hall–Kier alpha value is -2.61. The molecule has 1 fully saturated rings. The van der Waals surface area contributed by atoms with E-state index in [0.29, 0.717) is 23.8 Å². The van der Waals surface area contributed by atoms with E-state index in [2.05, 4.69) is 15.5 Å². The molecule has 0 spiro atoms. The van der Waals surface area contributed by atoms with Gasteiger partial charge in [-0.3, -0.25) is 14.5 Å². The van der Waals surface area contributed by atoms with Gasteiger partial charge in [-0.1, -0.05) is 29.8 Å². The lowest BCUT2D eigenvalue weighted by molar-refractivity contribution is -0.124. The molecule has 1 heterocycles. The highest BCUT2D eigenvalue weighted by molar-refractivity contribution is 6.30. The van der Waals surface area contributed by atoms with Crippen LogP contribution in [0.4, 0.5) is 0 Å². The number of rotatable bonds is 9. The fourth-order valence-electron chi connectivity index (χ4n) is 3.76. The number of nitrogens with one attached hydrogen (secondary N) is 2. The van der Waals surface area contributed by atoms with Crippen LogP contribution in [0.5, 0.6) is 5.75 Å². The number of halogens is 1. The summed E-state index contributed by atoms with van der Waals surface area (Å²) in [5.41, 5.74) is 1.60. The van der Waals surface area contributed by atoms with Crippen molar-refractivity contribution in [3.63, 3.8) is 0 Å². The first-order chi connectivity index (χ1) is 15.5. The second kappa shape index (κ2) is 11.9. The number of carbonyl (C=O) groups excluding carboxylic acids is 2. The zero-order valence-corrected chi connectivity index (χ0v) is 19.0. The lowest BCUT2D eigenvalue weighted by Gasteiger charge is -2.32. The Balaban J connectivity index is 1.42. The minimum absolute atomic E-state index is 0.364. The van der Waals surface area contributed by atoms with Gasteiger partial charge in [-0.05, 0) is 67.7 Å². The molecule has 2 amide bonds. The molecule has 2 aromatic rings. The number of carbonyl (C=O) groups is 2. The second-order valence-corrected chi connectivity index (χ2v) is 8.47. The van der Waals surface area contributed by atoms with Crippen LogP contribution in [-0.2, 0) is 11.3 Å². The molecule has 8 heteroatoms. The normalized spacial score (nSPS) is 15.7. The summed E-state index contributed by atoms with van der Waals surface area (Å²) < 4.78 is 5.12. The average molecular weight is 460 g/mol. The summed E-state index contributed by atoms with van der Waals surface area (Å²) in [4.78, 5) is 27.3. The van der Waals surface area contributed by atoms with Crippen LogP contribution < -0.4 is 15.4 Å².